The highest BCUT2D eigenvalue weighted by molar-refractivity contribution is 8.76. The molecule has 0 spiro atoms. The van der Waals surface area contributed by atoms with E-state index in [9.17, 15) is 19.2 Å². The van der Waals surface area contributed by atoms with E-state index in [1.165, 1.54) is 5.56 Å². The molecule has 0 fully saturated rings. The number of hydrogen-bond acceptors (Lipinski definition) is 10. The van der Waals surface area contributed by atoms with Gasteiger partial charge in [-0.1, -0.05) is 77.1 Å². The SMILES string of the molecule is CCC(/C=C\NCCCC(=O)NCCSSCCNC(=O)CCCN1C=CC(/C=C/c2ccc(NCC(=O)O)cc2)=CC1)CCc1ccc(NCC(=O)O)cc1. The molecular weight excluding hydrogens is 749 g/mol. The number of nitrogens with zero attached hydrogens (tertiary/aromatic N) is 1. The van der Waals surface area contributed by atoms with Crippen molar-refractivity contribution >= 4 is 62.8 Å². The Labute approximate surface area is 339 Å². The van der Waals surface area contributed by atoms with Crippen LogP contribution in [0.4, 0.5) is 11.4 Å². The van der Waals surface area contributed by atoms with Crippen LogP contribution in [0.5, 0.6) is 0 Å². The number of carbonyl (C=O) groups is 4. The smallest absolute Gasteiger partial charge is 0.322 e. The zero-order valence-electron chi connectivity index (χ0n) is 32.3. The molecule has 0 aliphatic carbocycles. The predicted molar refractivity (Wildman–Crippen MR) is 232 cm³/mol. The summed E-state index contributed by atoms with van der Waals surface area (Å²) in [5, 5.41) is 32.6. The summed E-state index contributed by atoms with van der Waals surface area (Å²) >= 11 is 0. The number of carbonyl (C=O) groups excluding carboxylic acids is 2. The Kier molecular flexibility index (Phi) is 22.5. The fraction of sp³-hybridized carbons (Fsp3) is 0.429. The number of aliphatic carboxylic acids is 2. The van der Waals surface area contributed by atoms with Crippen LogP contribution in [0.1, 0.15) is 56.6 Å². The predicted octanol–water partition coefficient (Wildman–Crippen LogP) is 6.39. The molecule has 2 aromatic rings. The van der Waals surface area contributed by atoms with Gasteiger partial charge >= 0.3 is 11.9 Å². The molecule has 1 aliphatic rings. The molecule has 12 nitrogen and oxygen atoms in total. The highest BCUT2D eigenvalue weighted by atomic mass is 33.1. The van der Waals surface area contributed by atoms with Gasteiger partial charge in [-0.05, 0) is 97.5 Å². The number of benzene rings is 2. The van der Waals surface area contributed by atoms with Crippen LogP contribution in [0.15, 0.2) is 90.8 Å². The maximum absolute atomic E-state index is 12.3. The minimum Gasteiger partial charge on any atom is -0.480 e. The lowest BCUT2D eigenvalue weighted by atomic mass is 9.97. The van der Waals surface area contributed by atoms with Crippen molar-refractivity contribution in [1.82, 2.24) is 20.9 Å². The fourth-order valence-electron chi connectivity index (χ4n) is 5.51. The first-order chi connectivity index (χ1) is 27.2. The van der Waals surface area contributed by atoms with Crippen LogP contribution < -0.4 is 26.6 Å². The average molecular weight is 807 g/mol. The van der Waals surface area contributed by atoms with Gasteiger partial charge in [-0.3, -0.25) is 19.2 Å². The maximum Gasteiger partial charge on any atom is 0.322 e. The summed E-state index contributed by atoms with van der Waals surface area (Å²) in [6.45, 7) is 5.55. The standard InChI is InChI=1S/C42H58N6O6S2/c1-2-33(7-8-34-11-15-37(16-12-34)46-31-41(51)52)19-23-43-22-3-5-39(49)44-24-29-55-56-30-25-45-40(50)6-4-26-48-27-20-36(21-28-48)10-9-35-13-17-38(18-14-35)47-32-42(53)54/h9-21,23,27,33,43,46-47H,2-8,22,24-26,28-32H2,1H3,(H,44,49)(H,45,50)(H,51,52)(H,53,54)/b10-9+,23-19-. The van der Waals surface area contributed by atoms with E-state index in [1.54, 1.807) is 21.6 Å². The number of amides is 2. The van der Waals surface area contributed by atoms with Gasteiger partial charge < -0.3 is 41.7 Å². The van der Waals surface area contributed by atoms with Crippen molar-refractivity contribution in [2.24, 2.45) is 5.92 Å². The molecule has 2 aromatic carbocycles. The van der Waals surface area contributed by atoms with Crippen LogP contribution >= 0.6 is 21.6 Å². The molecule has 1 unspecified atom stereocenters. The second-order valence-electron chi connectivity index (χ2n) is 13.2. The van der Waals surface area contributed by atoms with Crippen molar-refractivity contribution in [2.45, 2.75) is 51.9 Å². The van der Waals surface area contributed by atoms with Gasteiger partial charge in [-0.25, -0.2) is 0 Å². The number of rotatable bonds is 29. The number of carboxylic acid groups (broad SMARTS) is 2. The lowest BCUT2D eigenvalue weighted by Gasteiger charge is -2.21. The molecule has 2 amide bonds. The lowest BCUT2D eigenvalue weighted by molar-refractivity contribution is -0.135. The van der Waals surface area contributed by atoms with Crippen LogP contribution in [0.3, 0.4) is 0 Å². The average Bonchev–Trinajstić information content (AvgIpc) is 3.20. The van der Waals surface area contributed by atoms with Crippen LogP contribution in [0.25, 0.3) is 6.08 Å². The Balaban J connectivity index is 1.11. The van der Waals surface area contributed by atoms with E-state index < -0.39 is 11.9 Å². The highest BCUT2D eigenvalue weighted by Gasteiger charge is 2.07. The summed E-state index contributed by atoms with van der Waals surface area (Å²) in [6, 6.07) is 15.5. The van der Waals surface area contributed by atoms with Crippen molar-refractivity contribution in [3.05, 3.63) is 102 Å². The van der Waals surface area contributed by atoms with Gasteiger partial charge in [0.2, 0.25) is 11.8 Å². The van der Waals surface area contributed by atoms with Gasteiger partial charge in [0.25, 0.3) is 0 Å². The molecule has 304 valence electrons. The van der Waals surface area contributed by atoms with E-state index in [4.69, 9.17) is 10.2 Å². The molecule has 3 rings (SSSR count). The number of aryl methyl sites for hydroxylation is 1. The monoisotopic (exact) mass is 806 g/mol. The van der Waals surface area contributed by atoms with E-state index in [1.807, 2.05) is 60.8 Å². The minimum atomic E-state index is -0.896. The van der Waals surface area contributed by atoms with Crippen LogP contribution in [0.2, 0.25) is 0 Å². The molecule has 0 saturated carbocycles. The molecule has 1 aliphatic heterocycles. The van der Waals surface area contributed by atoms with Crippen molar-refractivity contribution in [3.8, 4) is 0 Å². The molecule has 0 bridgehead atoms. The summed E-state index contributed by atoms with van der Waals surface area (Å²) in [5.74, 6) is 0.424. The van der Waals surface area contributed by atoms with Crippen LogP contribution in [-0.2, 0) is 25.6 Å². The summed E-state index contributed by atoms with van der Waals surface area (Å²) in [4.78, 5) is 48.0. The van der Waals surface area contributed by atoms with Crippen molar-refractivity contribution in [1.29, 1.82) is 0 Å². The van der Waals surface area contributed by atoms with E-state index in [2.05, 4.69) is 68.9 Å². The quantitative estimate of drug-likeness (QED) is 0.0358. The third-order valence-electron chi connectivity index (χ3n) is 8.75. The van der Waals surface area contributed by atoms with Gasteiger partial charge in [0.15, 0.2) is 0 Å². The Bertz CT molecular complexity index is 1610. The molecular formula is C42H58N6O6S2. The first-order valence-corrected chi connectivity index (χ1v) is 21.8. The summed E-state index contributed by atoms with van der Waals surface area (Å²) in [6.07, 6.45) is 20.1. The van der Waals surface area contributed by atoms with Crippen molar-refractivity contribution in [3.63, 3.8) is 0 Å². The Morgan fingerprint density at radius 1 is 0.804 bits per heavy atom. The molecule has 0 radical (unpaired) electrons. The third kappa shape index (κ3) is 21.3. The molecule has 1 heterocycles. The zero-order valence-corrected chi connectivity index (χ0v) is 34.0. The first-order valence-electron chi connectivity index (χ1n) is 19.3. The number of carboxylic acids is 2. The second-order valence-corrected chi connectivity index (χ2v) is 15.9. The van der Waals surface area contributed by atoms with Gasteiger partial charge in [0, 0.05) is 68.4 Å². The topological polar surface area (TPSA) is 172 Å². The molecule has 14 heteroatoms. The largest absolute Gasteiger partial charge is 0.480 e. The minimum absolute atomic E-state index is 0.0609. The molecule has 0 saturated heterocycles. The van der Waals surface area contributed by atoms with Gasteiger partial charge in [-0.15, -0.1) is 0 Å². The van der Waals surface area contributed by atoms with Gasteiger partial charge in [-0.2, -0.15) is 0 Å². The van der Waals surface area contributed by atoms with E-state index in [-0.39, 0.29) is 24.9 Å². The number of anilines is 2. The Morgan fingerprint density at radius 2 is 1.41 bits per heavy atom. The Morgan fingerprint density at radius 3 is 1.98 bits per heavy atom. The lowest BCUT2D eigenvalue weighted by Crippen LogP contribution is -2.27. The highest BCUT2D eigenvalue weighted by Crippen LogP contribution is 2.20. The van der Waals surface area contributed by atoms with Crippen molar-refractivity contribution < 1.29 is 29.4 Å². The third-order valence-corrected chi connectivity index (χ3v) is 11.2. The zero-order chi connectivity index (χ0) is 40.2. The van der Waals surface area contributed by atoms with E-state index in [0.29, 0.717) is 31.8 Å². The summed E-state index contributed by atoms with van der Waals surface area (Å²) < 4.78 is 0. The first kappa shape index (κ1) is 45.6. The van der Waals surface area contributed by atoms with Gasteiger partial charge in [0.1, 0.15) is 13.1 Å². The normalized spacial score (nSPS) is 13.0. The summed E-state index contributed by atoms with van der Waals surface area (Å²) in [7, 11) is 3.39. The number of nitrogens with one attached hydrogen (secondary N) is 5. The maximum atomic E-state index is 12.3. The van der Waals surface area contributed by atoms with Crippen LogP contribution in [-0.4, -0.2) is 96.2 Å². The summed E-state index contributed by atoms with van der Waals surface area (Å²) in [5.41, 5.74) is 4.94. The number of allylic oxidation sites excluding steroid dienone is 4. The van der Waals surface area contributed by atoms with E-state index >= 15 is 0 Å². The van der Waals surface area contributed by atoms with Crippen LogP contribution in [0, 0.1) is 5.92 Å². The number of hydrogen-bond donors (Lipinski definition) is 7. The molecule has 56 heavy (non-hydrogen) atoms. The molecule has 1 atom stereocenters. The molecule has 0 aromatic heterocycles. The fourth-order valence-corrected chi connectivity index (χ4v) is 7.32. The second kappa shape index (κ2) is 27.7. The van der Waals surface area contributed by atoms with Crippen molar-refractivity contribution in [2.75, 3.05) is 68.0 Å². The van der Waals surface area contributed by atoms with Gasteiger partial charge in [0.05, 0.1) is 0 Å². The van der Waals surface area contributed by atoms with E-state index in [0.717, 1.165) is 85.8 Å². The molecule has 7 N–H and O–H groups in total. The Hall–Kier alpha value is -4.82.